The number of aliphatic imine (C=N–C) groups is 1. The second-order valence-corrected chi connectivity index (χ2v) is 6.71. The molecule has 0 aromatic rings. The Morgan fingerprint density at radius 2 is 1.33 bits per heavy atom. The minimum Gasteiger partial charge on any atom is -0.370 e. The first-order valence-corrected chi connectivity index (χ1v) is 9.98. The molecule has 0 aromatic heterocycles. The third kappa shape index (κ3) is 15.6. The standard InChI is InChI=1S/C19H40N4O/c1-3-5-6-7-8-9-10-11-12-13-14-16-18(24)22-17(15-4-2)23-19(20)21/h17H,3-16H2,1-2H3,(H,22,24)(H4,20,21,23). The number of guanidine groups is 1. The van der Waals surface area contributed by atoms with Gasteiger partial charge in [0.15, 0.2) is 5.96 Å². The maximum Gasteiger partial charge on any atom is 0.221 e. The van der Waals surface area contributed by atoms with Gasteiger partial charge in [-0.05, 0) is 12.8 Å². The number of nitrogens with one attached hydrogen (secondary N) is 1. The van der Waals surface area contributed by atoms with Crippen molar-refractivity contribution in [2.24, 2.45) is 16.5 Å². The number of hydrogen-bond donors (Lipinski definition) is 3. The van der Waals surface area contributed by atoms with Crippen molar-refractivity contribution in [3.8, 4) is 0 Å². The summed E-state index contributed by atoms with van der Waals surface area (Å²) in [5.74, 6) is 0.0813. The van der Waals surface area contributed by atoms with Crippen LogP contribution >= 0.6 is 0 Å². The molecule has 0 saturated carbocycles. The Balaban J connectivity index is 3.53. The zero-order chi connectivity index (χ0) is 18.0. The number of carbonyl (C=O) groups is 1. The van der Waals surface area contributed by atoms with Gasteiger partial charge in [0.1, 0.15) is 6.17 Å². The molecule has 0 aromatic carbocycles. The lowest BCUT2D eigenvalue weighted by Crippen LogP contribution is -2.36. The zero-order valence-electron chi connectivity index (χ0n) is 16.0. The predicted octanol–water partition coefficient (Wildman–Crippen LogP) is 4.20. The van der Waals surface area contributed by atoms with Crippen LogP contribution in [0.5, 0.6) is 0 Å². The summed E-state index contributed by atoms with van der Waals surface area (Å²) in [6.07, 6.45) is 16.1. The van der Waals surface area contributed by atoms with Gasteiger partial charge in [0.2, 0.25) is 5.91 Å². The lowest BCUT2D eigenvalue weighted by Gasteiger charge is -2.14. The van der Waals surface area contributed by atoms with E-state index < -0.39 is 0 Å². The Morgan fingerprint density at radius 1 is 0.833 bits per heavy atom. The van der Waals surface area contributed by atoms with Crippen LogP contribution in [0.1, 0.15) is 104 Å². The number of nitrogens with zero attached hydrogens (tertiary/aromatic N) is 1. The van der Waals surface area contributed by atoms with Crippen molar-refractivity contribution in [3.63, 3.8) is 0 Å². The minimum atomic E-state index is -0.278. The number of hydrogen-bond acceptors (Lipinski definition) is 2. The Bertz CT molecular complexity index is 327. The van der Waals surface area contributed by atoms with Crippen molar-refractivity contribution in [1.29, 1.82) is 0 Å². The van der Waals surface area contributed by atoms with Crippen molar-refractivity contribution >= 4 is 11.9 Å². The number of amides is 1. The van der Waals surface area contributed by atoms with Crippen LogP contribution in [-0.4, -0.2) is 18.0 Å². The molecular weight excluding hydrogens is 300 g/mol. The Kier molecular flexibility index (Phi) is 15.7. The third-order valence-corrected chi connectivity index (χ3v) is 4.20. The molecule has 0 aliphatic rings. The highest BCUT2D eigenvalue weighted by Gasteiger charge is 2.09. The largest absolute Gasteiger partial charge is 0.370 e. The Morgan fingerprint density at radius 3 is 1.79 bits per heavy atom. The summed E-state index contributed by atoms with van der Waals surface area (Å²) in [6, 6.07) is 0. The summed E-state index contributed by atoms with van der Waals surface area (Å²) in [5, 5.41) is 2.90. The first-order valence-electron chi connectivity index (χ1n) is 9.98. The molecule has 0 radical (unpaired) electrons. The van der Waals surface area contributed by atoms with Gasteiger partial charge in [-0.3, -0.25) is 4.79 Å². The first-order chi connectivity index (χ1) is 11.6. The predicted molar refractivity (Wildman–Crippen MR) is 104 cm³/mol. The summed E-state index contributed by atoms with van der Waals surface area (Å²) in [7, 11) is 0. The van der Waals surface area contributed by atoms with E-state index in [0.717, 1.165) is 25.7 Å². The van der Waals surface area contributed by atoms with Crippen LogP contribution < -0.4 is 16.8 Å². The number of unbranched alkanes of at least 4 members (excludes halogenated alkanes) is 10. The average molecular weight is 341 g/mol. The van der Waals surface area contributed by atoms with Crippen molar-refractivity contribution in [3.05, 3.63) is 0 Å². The van der Waals surface area contributed by atoms with E-state index >= 15 is 0 Å². The zero-order valence-corrected chi connectivity index (χ0v) is 16.0. The van der Waals surface area contributed by atoms with Crippen molar-refractivity contribution in [2.75, 3.05) is 0 Å². The molecule has 0 bridgehead atoms. The summed E-state index contributed by atoms with van der Waals surface area (Å²) >= 11 is 0. The van der Waals surface area contributed by atoms with Gasteiger partial charge in [0.25, 0.3) is 0 Å². The Labute approximate surface area is 149 Å². The van der Waals surface area contributed by atoms with Crippen molar-refractivity contribution in [2.45, 2.75) is 110 Å². The lowest BCUT2D eigenvalue weighted by atomic mass is 10.1. The summed E-state index contributed by atoms with van der Waals surface area (Å²) in [6.45, 7) is 4.30. The highest BCUT2D eigenvalue weighted by atomic mass is 16.1. The molecule has 1 atom stereocenters. The quantitative estimate of drug-likeness (QED) is 0.223. The molecule has 0 aliphatic heterocycles. The molecule has 0 fully saturated rings. The molecule has 0 aliphatic carbocycles. The van der Waals surface area contributed by atoms with E-state index in [0.29, 0.717) is 6.42 Å². The highest BCUT2D eigenvalue weighted by molar-refractivity contribution is 5.78. The van der Waals surface area contributed by atoms with E-state index in [4.69, 9.17) is 11.5 Å². The molecule has 1 unspecified atom stereocenters. The van der Waals surface area contributed by atoms with Gasteiger partial charge in [-0.25, -0.2) is 4.99 Å². The second-order valence-electron chi connectivity index (χ2n) is 6.71. The van der Waals surface area contributed by atoms with Crippen LogP contribution in [0.3, 0.4) is 0 Å². The average Bonchev–Trinajstić information content (AvgIpc) is 2.52. The molecule has 142 valence electrons. The van der Waals surface area contributed by atoms with Crippen LogP contribution in [0, 0.1) is 0 Å². The van der Waals surface area contributed by atoms with Gasteiger partial charge in [-0.2, -0.15) is 0 Å². The summed E-state index contributed by atoms with van der Waals surface area (Å²) in [5.41, 5.74) is 10.8. The van der Waals surface area contributed by atoms with E-state index in [9.17, 15) is 4.79 Å². The van der Waals surface area contributed by atoms with E-state index in [1.807, 2.05) is 6.92 Å². The molecule has 24 heavy (non-hydrogen) atoms. The molecule has 0 heterocycles. The van der Waals surface area contributed by atoms with Gasteiger partial charge in [0, 0.05) is 6.42 Å². The van der Waals surface area contributed by atoms with E-state index in [1.54, 1.807) is 0 Å². The van der Waals surface area contributed by atoms with Crippen LogP contribution in [0.15, 0.2) is 4.99 Å². The molecular formula is C19H40N4O. The normalized spacial score (nSPS) is 11.9. The molecule has 0 rings (SSSR count). The SMILES string of the molecule is CCCCCCCCCCCCCC(=O)NC(CCC)N=C(N)N. The minimum absolute atomic E-state index is 0.0310. The van der Waals surface area contributed by atoms with Crippen LogP contribution in [0.2, 0.25) is 0 Å². The van der Waals surface area contributed by atoms with E-state index in [-0.39, 0.29) is 18.0 Å². The maximum absolute atomic E-state index is 11.9. The highest BCUT2D eigenvalue weighted by Crippen LogP contribution is 2.12. The smallest absolute Gasteiger partial charge is 0.221 e. The topological polar surface area (TPSA) is 93.5 Å². The van der Waals surface area contributed by atoms with Gasteiger partial charge in [-0.1, -0.05) is 84.5 Å². The molecule has 5 heteroatoms. The summed E-state index contributed by atoms with van der Waals surface area (Å²) in [4.78, 5) is 16.0. The second kappa shape index (κ2) is 16.6. The van der Waals surface area contributed by atoms with Crippen LogP contribution in [0.25, 0.3) is 0 Å². The fourth-order valence-corrected chi connectivity index (χ4v) is 2.83. The fraction of sp³-hybridized carbons (Fsp3) is 0.895. The van der Waals surface area contributed by atoms with Crippen molar-refractivity contribution < 1.29 is 4.79 Å². The fourth-order valence-electron chi connectivity index (χ4n) is 2.83. The van der Waals surface area contributed by atoms with Crippen molar-refractivity contribution in [1.82, 2.24) is 5.32 Å². The molecule has 1 amide bonds. The van der Waals surface area contributed by atoms with Gasteiger partial charge in [0.05, 0.1) is 0 Å². The van der Waals surface area contributed by atoms with Crippen LogP contribution in [-0.2, 0) is 4.79 Å². The van der Waals surface area contributed by atoms with Crippen LogP contribution in [0.4, 0.5) is 0 Å². The van der Waals surface area contributed by atoms with Gasteiger partial charge in [-0.15, -0.1) is 0 Å². The van der Waals surface area contributed by atoms with E-state index in [2.05, 4.69) is 17.2 Å². The molecule has 0 saturated heterocycles. The Hall–Kier alpha value is -1.26. The van der Waals surface area contributed by atoms with Gasteiger partial charge >= 0.3 is 0 Å². The third-order valence-electron chi connectivity index (χ3n) is 4.20. The molecule has 0 spiro atoms. The molecule has 5 N–H and O–H groups in total. The molecule has 5 nitrogen and oxygen atoms in total. The lowest BCUT2D eigenvalue weighted by molar-refractivity contribution is -0.121. The maximum atomic E-state index is 11.9. The number of rotatable bonds is 16. The van der Waals surface area contributed by atoms with Gasteiger partial charge < -0.3 is 16.8 Å². The van der Waals surface area contributed by atoms with E-state index in [1.165, 1.54) is 57.8 Å². The number of nitrogens with two attached hydrogens (primary N) is 2. The number of carbonyl (C=O) groups excluding carboxylic acids is 1. The summed E-state index contributed by atoms with van der Waals surface area (Å²) < 4.78 is 0. The monoisotopic (exact) mass is 340 g/mol. The first kappa shape index (κ1) is 22.7.